The van der Waals surface area contributed by atoms with E-state index in [4.69, 9.17) is 14.2 Å². The molecular weight excluding hydrogens is 256 g/mol. The van der Waals surface area contributed by atoms with E-state index in [1.54, 1.807) is 7.11 Å². The molecule has 1 saturated heterocycles. The Bertz CT molecular complexity index is 441. The Labute approximate surface area is 120 Å². The van der Waals surface area contributed by atoms with Crippen molar-refractivity contribution in [2.45, 2.75) is 44.2 Å². The molecule has 2 atom stereocenters. The number of carbonyl (C=O) groups is 1. The van der Waals surface area contributed by atoms with Crippen molar-refractivity contribution in [3.8, 4) is 0 Å². The van der Waals surface area contributed by atoms with Gasteiger partial charge in [0, 0.05) is 7.11 Å². The number of ether oxygens (including phenoxy) is 3. The maximum absolute atomic E-state index is 11.7. The predicted octanol–water partition coefficient (Wildman–Crippen LogP) is 2.87. The van der Waals surface area contributed by atoms with Crippen LogP contribution in [0.25, 0.3) is 0 Å². The Morgan fingerprint density at radius 2 is 1.90 bits per heavy atom. The van der Waals surface area contributed by atoms with Crippen LogP contribution in [-0.2, 0) is 19.0 Å². The van der Waals surface area contributed by atoms with Gasteiger partial charge in [-0.3, -0.25) is 4.79 Å². The molecule has 1 heterocycles. The van der Waals surface area contributed by atoms with Crippen LogP contribution < -0.4 is 0 Å². The molecule has 0 saturated carbocycles. The van der Waals surface area contributed by atoms with Crippen molar-refractivity contribution in [2.75, 3.05) is 13.7 Å². The summed E-state index contributed by atoms with van der Waals surface area (Å²) in [7, 11) is 1.56. The summed E-state index contributed by atoms with van der Waals surface area (Å²) in [6, 6.07) is 9.69. The van der Waals surface area contributed by atoms with E-state index in [2.05, 4.69) is 0 Å². The van der Waals surface area contributed by atoms with E-state index in [1.807, 2.05) is 44.2 Å². The van der Waals surface area contributed by atoms with Crippen LogP contribution in [0.5, 0.6) is 0 Å². The third-order valence-electron chi connectivity index (χ3n) is 3.90. The molecule has 2 rings (SSSR count). The van der Waals surface area contributed by atoms with Gasteiger partial charge in [0.05, 0.1) is 6.61 Å². The molecule has 0 radical (unpaired) electrons. The van der Waals surface area contributed by atoms with Crippen molar-refractivity contribution in [3.05, 3.63) is 35.9 Å². The van der Waals surface area contributed by atoms with Gasteiger partial charge in [-0.15, -0.1) is 0 Å². The molecule has 1 aliphatic rings. The summed E-state index contributed by atoms with van der Waals surface area (Å²) >= 11 is 0. The monoisotopic (exact) mass is 278 g/mol. The highest BCUT2D eigenvalue weighted by atomic mass is 16.8. The van der Waals surface area contributed by atoms with Crippen molar-refractivity contribution in [3.63, 3.8) is 0 Å². The van der Waals surface area contributed by atoms with Crippen molar-refractivity contribution >= 4 is 6.29 Å². The van der Waals surface area contributed by atoms with Crippen LogP contribution in [0.15, 0.2) is 30.3 Å². The van der Waals surface area contributed by atoms with Crippen LogP contribution in [0.2, 0.25) is 0 Å². The number of benzene rings is 1. The number of rotatable bonds is 6. The molecule has 0 N–H and O–H groups in total. The first-order valence-electron chi connectivity index (χ1n) is 7.03. The minimum atomic E-state index is -1.08. The lowest BCUT2D eigenvalue weighted by molar-refractivity contribution is -0.197. The maximum atomic E-state index is 11.7. The molecule has 1 aromatic rings. The second kappa shape index (κ2) is 6.04. The van der Waals surface area contributed by atoms with Gasteiger partial charge in [0.2, 0.25) is 0 Å². The van der Waals surface area contributed by atoms with Gasteiger partial charge in [-0.2, -0.15) is 0 Å². The molecule has 0 spiro atoms. The molecule has 4 heteroatoms. The molecular formula is C16H22O4. The predicted molar refractivity (Wildman–Crippen MR) is 75.3 cm³/mol. The van der Waals surface area contributed by atoms with Gasteiger partial charge in [0.15, 0.2) is 17.7 Å². The van der Waals surface area contributed by atoms with E-state index in [0.717, 1.165) is 11.8 Å². The summed E-state index contributed by atoms with van der Waals surface area (Å²) in [6.45, 7) is 4.18. The van der Waals surface area contributed by atoms with E-state index in [1.165, 1.54) is 0 Å². The van der Waals surface area contributed by atoms with E-state index < -0.39 is 17.5 Å². The fraction of sp³-hybridized carbons (Fsp3) is 0.562. The molecule has 0 bridgehead atoms. The van der Waals surface area contributed by atoms with Crippen LogP contribution >= 0.6 is 0 Å². The normalized spacial score (nSPS) is 28.4. The van der Waals surface area contributed by atoms with Crippen molar-refractivity contribution in [1.29, 1.82) is 0 Å². The van der Waals surface area contributed by atoms with Gasteiger partial charge in [-0.25, -0.2) is 0 Å². The molecule has 20 heavy (non-hydrogen) atoms. The summed E-state index contributed by atoms with van der Waals surface area (Å²) in [5.74, 6) is -0.722. The third-order valence-corrected chi connectivity index (χ3v) is 3.90. The van der Waals surface area contributed by atoms with Crippen LogP contribution in [0, 0.1) is 0 Å². The van der Waals surface area contributed by atoms with Crippen molar-refractivity contribution < 1.29 is 19.0 Å². The summed E-state index contributed by atoms with van der Waals surface area (Å²) < 4.78 is 17.5. The van der Waals surface area contributed by atoms with Crippen LogP contribution in [0.3, 0.4) is 0 Å². The van der Waals surface area contributed by atoms with Crippen LogP contribution in [-0.4, -0.2) is 31.4 Å². The third kappa shape index (κ3) is 2.51. The highest BCUT2D eigenvalue weighted by Gasteiger charge is 2.56. The van der Waals surface area contributed by atoms with Crippen LogP contribution in [0.4, 0.5) is 0 Å². The van der Waals surface area contributed by atoms with Gasteiger partial charge in [0.25, 0.3) is 0 Å². The highest BCUT2D eigenvalue weighted by Crippen LogP contribution is 2.47. The van der Waals surface area contributed by atoms with Gasteiger partial charge in [0.1, 0.15) is 6.10 Å². The lowest BCUT2D eigenvalue weighted by Gasteiger charge is -2.28. The van der Waals surface area contributed by atoms with Gasteiger partial charge < -0.3 is 14.2 Å². The fourth-order valence-electron chi connectivity index (χ4n) is 2.73. The maximum Gasteiger partial charge on any atom is 0.180 e. The number of carbonyl (C=O) groups excluding carboxylic acids is 1. The van der Waals surface area contributed by atoms with Gasteiger partial charge in [-0.05, 0) is 18.4 Å². The summed E-state index contributed by atoms with van der Waals surface area (Å²) in [5.41, 5.74) is -0.150. The SMILES string of the molecule is CCC1(CC)O[C@@H](c2ccccc2)[C@@](C=O)(COC)O1. The summed E-state index contributed by atoms with van der Waals surface area (Å²) in [6.07, 6.45) is 1.75. The topological polar surface area (TPSA) is 44.8 Å². The van der Waals surface area contributed by atoms with Crippen molar-refractivity contribution in [2.24, 2.45) is 0 Å². The minimum absolute atomic E-state index is 0.178. The molecule has 0 aromatic heterocycles. The first kappa shape index (κ1) is 15.2. The van der Waals surface area contributed by atoms with E-state index >= 15 is 0 Å². The Morgan fingerprint density at radius 1 is 1.25 bits per heavy atom. The lowest BCUT2D eigenvalue weighted by Crippen LogP contribution is -2.43. The minimum Gasteiger partial charge on any atom is -0.381 e. The van der Waals surface area contributed by atoms with E-state index in [0.29, 0.717) is 12.8 Å². The average Bonchev–Trinajstić information content (AvgIpc) is 2.85. The van der Waals surface area contributed by atoms with Gasteiger partial charge in [-0.1, -0.05) is 44.2 Å². The summed E-state index contributed by atoms with van der Waals surface area (Å²) in [5, 5.41) is 0. The summed E-state index contributed by atoms with van der Waals surface area (Å²) in [4.78, 5) is 11.7. The van der Waals surface area contributed by atoms with Crippen LogP contribution in [0.1, 0.15) is 38.4 Å². The number of hydrogen-bond donors (Lipinski definition) is 0. The molecule has 0 unspecified atom stereocenters. The Kier molecular flexibility index (Phi) is 4.58. The Balaban J connectivity index is 2.42. The molecule has 4 nitrogen and oxygen atoms in total. The number of methoxy groups -OCH3 is 1. The quantitative estimate of drug-likeness (QED) is 0.751. The number of aldehydes is 1. The van der Waals surface area contributed by atoms with E-state index in [-0.39, 0.29) is 6.61 Å². The molecule has 110 valence electrons. The molecule has 0 amide bonds. The molecule has 1 aliphatic heterocycles. The van der Waals surface area contributed by atoms with Gasteiger partial charge >= 0.3 is 0 Å². The zero-order chi connectivity index (χ0) is 14.6. The number of hydrogen-bond acceptors (Lipinski definition) is 4. The standard InChI is InChI=1S/C16H22O4/c1-4-16(5-2)19-14(13-9-7-6-8-10-13)15(11-17,20-16)12-18-3/h6-11,14H,4-5,12H2,1-3H3/t14-,15+/m0/s1. The first-order valence-corrected chi connectivity index (χ1v) is 7.03. The second-order valence-electron chi connectivity index (χ2n) is 5.13. The fourth-order valence-corrected chi connectivity index (χ4v) is 2.73. The smallest absolute Gasteiger partial charge is 0.180 e. The average molecular weight is 278 g/mol. The molecule has 1 fully saturated rings. The Morgan fingerprint density at radius 3 is 2.40 bits per heavy atom. The molecule has 1 aromatic carbocycles. The largest absolute Gasteiger partial charge is 0.381 e. The highest BCUT2D eigenvalue weighted by molar-refractivity contribution is 5.65. The Hall–Kier alpha value is -1.23. The van der Waals surface area contributed by atoms with E-state index in [9.17, 15) is 4.79 Å². The first-order chi connectivity index (χ1) is 9.65. The molecule has 0 aliphatic carbocycles. The second-order valence-corrected chi connectivity index (χ2v) is 5.13. The zero-order valence-electron chi connectivity index (χ0n) is 12.3. The zero-order valence-corrected chi connectivity index (χ0v) is 12.3. The van der Waals surface area contributed by atoms with Crippen molar-refractivity contribution in [1.82, 2.24) is 0 Å². The lowest BCUT2D eigenvalue weighted by atomic mass is 9.93.